The molecule has 17 heavy (non-hydrogen) atoms. The normalized spacial score (nSPS) is 13.3. The van der Waals surface area contributed by atoms with Gasteiger partial charge in [0, 0.05) is 0 Å². The Morgan fingerprint density at radius 3 is 2.82 bits per heavy atom. The highest BCUT2D eigenvalue weighted by atomic mass is 16.3. The Balaban J connectivity index is 2.11. The summed E-state index contributed by atoms with van der Waals surface area (Å²) in [7, 11) is 0. The van der Waals surface area contributed by atoms with E-state index in [1.54, 1.807) is 6.26 Å². The van der Waals surface area contributed by atoms with Gasteiger partial charge in [-0.15, -0.1) is 0 Å². The average molecular weight is 234 g/mol. The minimum atomic E-state index is -0.188. The second kappa shape index (κ2) is 6.46. The number of rotatable bonds is 7. The Bertz CT molecular complexity index is 349. The molecule has 0 amide bonds. The van der Waals surface area contributed by atoms with Crippen molar-refractivity contribution >= 4 is 0 Å². The molecule has 0 aliphatic carbocycles. The van der Waals surface area contributed by atoms with Crippen LogP contribution in [0.3, 0.4) is 0 Å². The fourth-order valence-electron chi connectivity index (χ4n) is 1.70. The second-order valence-corrected chi connectivity index (χ2v) is 5.14. The van der Waals surface area contributed by atoms with E-state index in [4.69, 9.17) is 9.68 Å². The third-order valence-electron chi connectivity index (χ3n) is 2.95. The van der Waals surface area contributed by atoms with Gasteiger partial charge in [0.15, 0.2) is 0 Å². The van der Waals surface area contributed by atoms with Gasteiger partial charge in [0.05, 0.1) is 23.8 Å². The van der Waals surface area contributed by atoms with Gasteiger partial charge in [-0.3, -0.25) is 0 Å². The monoisotopic (exact) mass is 234 g/mol. The molecule has 3 heteroatoms. The molecule has 1 aromatic heterocycles. The maximum absolute atomic E-state index is 8.89. The van der Waals surface area contributed by atoms with E-state index in [0.717, 1.165) is 31.6 Å². The number of hydrogen-bond donors (Lipinski definition) is 1. The summed E-state index contributed by atoms with van der Waals surface area (Å²) in [6.45, 7) is 7.04. The van der Waals surface area contributed by atoms with Crippen LogP contribution in [-0.4, -0.2) is 6.54 Å². The van der Waals surface area contributed by atoms with Gasteiger partial charge in [0.2, 0.25) is 0 Å². The predicted octanol–water partition coefficient (Wildman–Crippen LogP) is 3.65. The van der Waals surface area contributed by atoms with Gasteiger partial charge in [-0.25, -0.2) is 0 Å². The van der Waals surface area contributed by atoms with Gasteiger partial charge >= 0.3 is 0 Å². The lowest BCUT2D eigenvalue weighted by atomic mass is 9.89. The van der Waals surface area contributed by atoms with E-state index >= 15 is 0 Å². The molecule has 1 rings (SSSR count). The number of furan rings is 1. The molecule has 94 valence electrons. The van der Waals surface area contributed by atoms with Crippen LogP contribution >= 0.6 is 0 Å². The maximum atomic E-state index is 8.89. The highest BCUT2D eigenvalue weighted by molar-refractivity contribution is 5.02. The number of nitrogens with zero attached hydrogens (tertiary/aromatic N) is 1. The fourth-order valence-corrected chi connectivity index (χ4v) is 1.70. The summed E-state index contributed by atoms with van der Waals surface area (Å²) in [5.41, 5.74) is -0.188. The van der Waals surface area contributed by atoms with Crippen molar-refractivity contribution in [2.75, 3.05) is 6.54 Å². The van der Waals surface area contributed by atoms with Crippen LogP contribution in [0, 0.1) is 16.7 Å². The van der Waals surface area contributed by atoms with E-state index in [9.17, 15) is 0 Å². The topological polar surface area (TPSA) is 49.0 Å². The molecule has 0 saturated carbocycles. The number of unbranched alkanes of at least 4 members (excludes halogenated alkanes) is 1. The zero-order valence-electron chi connectivity index (χ0n) is 11.0. The highest BCUT2D eigenvalue weighted by Gasteiger charge is 2.15. The minimum Gasteiger partial charge on any atom is -0.468 e. The zero-order chi connectivity index (χ0) is 12.7. The van der Waals surface area contributed by atoms with Crippen molar-refractivity contribution in [2.24, 2.45) is 5.41 Å². The summed E-state index contributed by atoms with van der Waals surface area (Å²) in [6.07, 6.45) is 4.83. The molecule has 1 aromatic rings. The van der Waals surface area contributed by atoms with E-state index < -0.39 is 0 Å². The third kappa shape index (κ3) is 5.06. The van der Waals surface area contributed by atoms with Crippen LogP contribution in [0.4, 0.5) is 0 Å². The molecule has 1 atom stereocenters. The third-order valence-corrected chi connectivity index (χ3v) is 2.95. The molecule has 0 aromatic carbocycles. The van der Waals surface area contributed by atoms with Crippen molar-refractivity contribution in [1.82, 2.24) is 5.32 Å². The van der Waals surface area contributed by atoms with E-state index in [1.165, 1.54) is 0 Å². The Hall–Kier alpha value is -1.27. The van der Waals surface area contributed by atoms with Gasteiger partial charge in [0.1, 0.15) is 5.76 Å². The highest BCUT2D eigenvalue weighted by Crippen LogP contribution is 2.21. The first kappa shape index (κ1) is 13.8. The number of nitriles is 1. The molecule has 0 spiro atoms. The maximum Gasteiger partial charge on any atom is 0.120 e. The smallest absolute Gasteiger partial charge is 0.120 e. The van der Waals surface area contributed by atoms with Gasteiger partial charge < -0.3 is 9.73 Å². The fraction of sp³-hybridized carbons (Fsp3) is 0.643. The van der Waals surface area contributed by atoms with Crippen LogP contribution in [0.5, 0.6) is 0 Å². The predicted molar refractivity (Wildman–Crippen MR) is 68.4 cm³/mol. The quantitative estimate of drug-likeness (QED) is 0.732. The van der Waals surface area contributed by atoms with E-state index in [0.29, 0.717) is 0 Å². The molecule has 0 aliphatic heterocycles. The van der Waals surface area contributed by atoms with E-state index in [-0.39, 0.29) is 11.5 Å². The van der Waals surface area contributed by atoms with Crippen molar-refractivity contribution < 1.29 is 4.42 Å². The number of nitrogens with one attached hydrogen (secondary N) is 1. The first-order valence-electron chi connectivity index (χ1n) is 6.23. The number of hydrogen-bond acceptors (Lipinski definition) is 3. The summed E-state index contributed by atoms with van der Waals surface area (Å²) in [5.74, 6) is 0.974. The standard InChI is InChI=1S/C14H22N2O/c1-12(13-7-6-10-17-13)16-9-5-4-8-14(2,3)11-15/h6-7,10,12,16H,4-5,8-9H2,1-3H3/t12-/m1/s1. The summed E-state index contributed by atoms with van der Waals surface area (Å²) in [5, 5.41) is 12.3. The van der Waals surface area contributed by atoms with Crippen molar-refractivity contribution in [2.45, 2.75) is 46.1 Å². The molecule has 0 radical (unpaired) electrons. The van der Waals surface area contributed by atoms with E-state index in [2.05, 4.69) is 18.3 Å². The largest absolute Gasteiger partial charge is 0.468 e. The zero-order valence-corrected chi connectivity index (χ0v) is 11.0. The van der Waals surface area contributed by atoms with Gasteiger partial charge in [-0.05, 0) is 52.3 Å². The van der Waals surface area contributed by atoms with Gasteiger partial charge in [-0.1, -0.05) is 6.42 Å². The molecular weight excluding hydrogens is 212 g/mol. The van der Waals surface area contributed by atoms with Crippen molar-refractivity contribution in [3.63, 3.8) is 0 Å². The lowest BCUT2D eigenvalue weighted by molar-refractivity contribution is 0.401. The van der Waals surface area contributed by atoms with Crippen LogP contribution in [0.15, 0.2) is 22.8 Å². The average Bonchev–Trinajstić information content (AvgIpc) is 2.82. The van der Waals surface area contributed by atoms with Crippen LogP contribution in [-0.2, 0) is 0 Å². The Kier molecular flexibility index (Phi) is 5.24. The van der Waals surface area contributed by atoms with Crippen molar-refractivity contribution in [3.8, 4) is 6.07 Å². The Morgan fingerprint density at radius 2 is 2.24 bits per heavy atom. The van der Waals surface area contributed by atoms with Gasteiger partial charge in [-0.2, -0.15) is 5.26 Å². The molecule has 0 unspecified atom stereocenters. The first-order valence-corrected chi connectivity index (χ1v) is 6.23. The summed E-state index contributed by atoms with van der Waals surface area (Å²) < 4.78 is 5.32. The van der Waals surface area contributed by atoms with E-state index in [1.807, 2.05) is 26.0 Å². The van der Waals surface area contributed by atoms with Crippen LogP contribution < -0.4 is 5.32 Å². The van der Waals surface area contributed by atoms with Gasteiger partial charge in [0.25, 0.3) is 0 Å². The Labute approximate surface area is 104 Å². The molecule has 0 aliphatic rings. The van der Waals surface area contributed by atoms with Crippen LogP contribution in [0.1, 0.15) is 51.8 Å². The van der Waals surface area contributed by atoms with Crippen LogP contribution in [0.2, 0.25) is 0 Å². The van der Waals surface area contributed by atoms with Crippen molar-refractivity contribution in [3.05, 3.63) is 24.2 Å². The van der Waals surface area contributed by atoms with Crippen LogP contribution in [0.25, 0.3) is 0 Å². The molecule has 1 heterocycles. The second-order valence-electron chi connectivity index (χ2n) is 5.14. The summed E-state index contributed by atoms with van der Waals surface area (Å²) in [6, 6.07) is 6.47. The molecule has 3 nitrogen and oxygen atoms in total. The molecular formula is C14H22N2O. The SMILES string of the molecule is C[C@@H](NCCCCC(C)(C)C#N)c1ccco1. The lowest BCUT2D eigenvalue weighted by Gasteiger charge is -2.15. The molecule has 1 N–H and O–H groups in total. The first-order chi connectivity index (χ1) is 8.05. The summed E-state index contributed by atoms with van der Waals surface area (Å²) >= 11 is 0. The minimum absolute atomic E-state index is 0.188. The Morgan fingerprint density at radius 1 is 1.47 bits per heavy atom. The lowest BCUT2D eigenvalue weighted by Crippen LogP contribution is -2.19. The molecule has 0 saturated heterocycles. The van der Waals surface area contributed by atoms with Crippen molar-refractivity contribution in [1.29, 1.82) is 5.26 Å². The molecule has 0 fully saturated rings. The summed E-state index contributed by atoms with van der Waals surface area (Å²) in [4.78, 5) is 0. The molecule has 0 bridgehead atoms.